The minimum Gasteiger partial charge on any atom is -0.507 e. The molecule has 0 amide bonds. The van der Waals surface area contributed by atoms with Gasteiger partial charge in [0.25, 0.3) is 0 Å². The van der Waals surface area contributed by atoms with E-state index in [0.717, 1.165) is 6.07 Å². The quantitative estimate of drug-likeness (QED) is 0.651. The van der Waals surface area contributed by atoms with E-state index in [1.54, 1.807) is 20.8 Å². The summed E-state index contributed by atoms with van der Waals surface area (Å²) in [5.74, 6) is -2.61. The molecule has 0 spiro atoms. The largest absolute Gasteiger partial charge is 0.507 e. The summed E-state index contributed by atoms with van der Waals surface area (Å²) in [7, 11) is 0. The topological polar surface area (TPSA) is 101 Å². The van der Waals surface area contributed by atoms with Crippen LogP contribution in [-0.4, -0.2) is 33.3 Å². The van der Waals surface area contributed by atoms with E-state index < -0.39 is 28.9 Å². The Morgan fingerprint density at radius 2 is 1.62 bits per heavy atom. The maximum absolute atomic E-state index is 12.9. The van der Waals surface area contributed by atoms with Gasteiger partial charge in [0.2, 0.25) is 0 Å². The molecule has 0 saturated heterocycles. The van der Waals surface area contributed by atoms with Gasteiger partial charge in [0.15, 0.2) is 11.6 Å². The molecule has 2 aromatic rings. The van der Waals surface area contributed by atoms with E-state index in [9.17, 15) is 24.6 Å². The number of ketones is 2. The van der Waals surface area contributed by atoms with Crippen LogP contribution in [0.15, 0.2) is 24.3 Å². The highest BCUT2D eigenvalue weighted by molar-refractivity contribution is 6.30. The van der Waals surface area contributed by atoms with Gasteiger partial charge in [-0.25, -0.2) is 4.79 Å². The lowest BCUT2D eigenvalue weighted by atomic mass is 9.80. The number of ether oxygens (including phenoxy) is 1. The molecule has 0 saturated carbocycles. The molecule has 3 rings (SSSR count). The molecule has 2 aromatic carbocycles. The first kappa shape index (κ1) is 17.7. The van der Waals surface area contributed by atoms with Crippen molar-refractivity contribution in [1.82, 2.24) is 0 Å². The Kier molecular flexibility index (Phi) is 3.87. The van der Waals surface area contributed by atoms with Gasteiger partial charge in [-0.3, -0.25) is 9.59 Å². The summed E-state index contributed by atoms with van der Waals surface area (Å²) in [6.45, 7) is 6.50. The van der Waals surface area contributed by atoms with Crippen LogP contribution in [0.4, 0.5) is 0 Å². The van der Waals surface area contributed by atoms with Gasteiger partial charge in [-0.2, -0.15) is 0 Å². The number of carbonyl (C=O) groups excluding carboxylic acids is 3. The fraction of sp³-hybridized carbons (Fsp3) is 0.250. The molecule has 1 aliphatic rings. The number of rotatable bonds is 1. The number of phenolic OH excluding ortho intramolecular Hbond substituents is 2. The van der Waals surface area contributed by atoms with E-state index in [0.29, 0.717) is 0 Å². The summed E-state index contributed by atoms with van der Waals surface area (Å²) in [5, 5.41) is 20.3. The number of esters is 1. The Morgan fingerprint density at radius 1 is 0.962 bits per heavy atom. The molecule has 0 aromatic heterocycles. The molecule has 26 heavy (non-hydrogen) atoms. The Balaban J connectivity index is 2.25. The summed E-state index contributed by atoms with van der Waals surface area (Å²) in [4.78, 5) is 38.1. The van der Waals surface area contributed by atoms with Crippen LogP contribution in [0.5, 0.6) is 11.5 Å². The molecule has 1 aliphatic carbocycles. The smallest absolute Gasteiger partial charge is 0.342 e. The van der Waals surface area contributed by atoms with Crippen LogP contribution >= 0.6 is 0 Å². The number of fused-ring (bicyclic) bond motifs is 2. The van der Waals surface area contributed by atoms with E-state index in [2.05, 4.69) is 0 Å². The summed E-state index contributed by atoms with van der Waals surface area (Å²) in [5.41, 5.74) is -0.880. The van der Waals surface area contributed by atoms with E-state index in [-0.39, 0.29) is 39.1 Å². The standard InChI is InChI=1S/C20H18O6/c1-9-14-11(8-13(22)15(9)19(25)26-20(2,3)4)17(23)10-6-5-7-12(21)16(10)18(14)24/h5-8,21-22H,1-4H3. The normalized spacial score (nSPS) is 13.2. The Morgan fingerprint density at radius 3 is 2.23 bits per heavy atom. The van der Waals surface area contributed by atoms with Gasteiger partial charge in [-0.05, 0) is 45.4 Å². The van der Waals surface area contributed by atoms with Gasteiger partial charge in [0, 0.05) is 16.7 Å². The van der Waals surface area contributed by atoms with Gasteiger partial charge in [-0.1, -0.05) is 12.1 Å². The summed E-state index contributed by atoms with van der Waals surface area (Å²) >= 11 is 0. The third-order valence-corrected chi connectivity index (χ3v) is 4.15. The minimum atomic E-state index is -0.795. The molecule has 0 radical (unpaired) electrons. The number of hydrogen-bond donors (Lipinski definition) is 2. The van der Waals surface area contributed by atoms with Crippen LogP contribution in [0.1, 0.15) is 68.5 Å². The molecular formula is C20H18O6. The van der Waals surface area contributed by atoms with E-state index in [1.807, 2.05) is 0 Å². The molecule has 134 valence electrons. The fourth-order valence-corrected chi connectivity index (χ4v) is 3.10. The Bertz CT molecular complexity index is 979. The zero-order valence-electron chi connectivity index (χ0n) is 14.8. The zero-order valence-corrected chi connectivity index (χ0v) is 14.8. The van der Waals surface area contributed by atoms with Gasteiger partial charge >= 0.3 is 5.97 Å². The van der Waals surface area contributed by atoms with Gasteiger partial charge in [-0.15, -0.1) is 0 Å². The molecule has 0 aliphatic heterocycles. The summed E-state index contributed by atoms with van der Waals surface area (Å²) < 4.78 is 5.29. The fourth-order valence-electron chi connectivity index (χ4n) is 3.10. The van der Waals surface area contributed by atoms with Gasteiger partial charge in [0.1, 0.15) is 22.7 Å². The Hall–Kier alpha value is -3.15. The average molecular weight is 354 g/mol. The lowest BCUT2D eigenvalue weighted by molar-refractivity contribution is 0.00657. The van der Waals surface area contributed by atoms with Crippen molar-refractivity contribution in [2.75, 3.05) is 0 Å². The number of aromatic hydroxyl groups is 2. The molecule has 2 N–H and O–H groups in total. The van der Waals surface area contributed by atoms with Crippen LogP contribution in [0.3, 0.4) is 0 Å². The molecule has 0 unspecified atom stereocenters. The highest BCUT2D eigenvalue weighted by Crippen LogP contribution is 2.38. The van der Waals surface area contributed by atoms with Crippen molar-refractivity contribution < 1.29 is 29.3 Å². The third-order valence-electron chi connectivity index (χ3n) is 4.15. The van der Waals surface area contributed by atoms with Crippen molar-refractivity contribution in [2.45, 2.75) is 33.3 Å². The van der Waals surface area contributed by atoms with Crippen molar-refractivity contribution >= 4 is 17.5 Å². The van der Waals surface area contributed by atoms with Crippen molar-refractivity contribution in [2.24, 2.45) is 0 Å². The van der Waals surface area contributed by atoms with Crippen molar-refractivity contribution in [3.63, 3.8) is 0 Å². The van der Waals surface area contributed by atoms with Crippen molar-refractivity contribution in [3.05, 3.63) is 57.6 Å². The molecule has 0 heterocycles. The maximum Gasteiger partial charge on any atom is 0.342 e. The Labute approximate surface area is 150 Å². The van der Waals surface area contributed by atoms with Gasteiger partial charge in [0.05, 0.1) is 5.56 Å². The molecule has 0 fully saturated rings. The first-order valence-corrected chi connectivity index (χ1v) is 8.04. The van der Waals surface area contributed by atoms with E-state index >= 15 is 0 Å². The van der Waals surface area contributed by atoms with Gasteiger partial charge < -0.3 is 14.9 Å². The number of benzene rings is 2. The second-order valence-electron chi connectivity index (χ2n) is 7.18. The molecule has 0 bridgehead atoms. The predicted octanol–water partition coefficient (Wildman–Crippen LogP) is 3.14. The first-order valence-electron chi connectivity index (χ1n) is 8.04. The van der Waals surface area contributed by atoms with Crippen LogP contribution in [0, 0.1) is 6.92 Å². The first-order chi connectivity index (χ1) is 12.0. The molecule has 0 atom stereocenters. The van der Waals surface area contributed by atoms with E-state index in [1.165, 1.54) is 25.1 Å². The van der Waals surface area contributed by atoms with Crippen LogP contribution in [0.25, 0.3) is 0 Å². The highest BCUT2D eigenvalue weighted by atomic mass is 16.6. The minimum absolute atomic E-state index is 0.00425. The average Bonchev–Trinajstić information content (AvgIpc) is 2.50. The summed E-state index contributed by atoms with van der Waals surface area (Å²) in [6.07, 6.45) is 0. The number of carbonyl (C=O) groups is 3. The zero-order chi connectivity index (χ0) is 19.4. The maximum atomic E-state index is 12.9. The highest BCUT2D eigenvalue weighted by Gasteiger charge is 2.36. The van der Waals surface area contributed by atoms with Crippen LogP contribution in [0.2, 0.25) is 0 Å². The number of phenols is 2. The lowest BCUT2D eigenvalue weighted by Crippen LogP contribution is -2.27. The lowest BCUT2D eigenvalue weighted by Gasteiger charge is -2.24. The van der Waals surface area contributed by atoms with Crippen molar-refractivity contribution in [1.29, 1.82) is 0 Å². The van der Waals surface area contributed by atoms with Crippen LogP contribution in [-0.2, 0) is 4.74 Å². The SMILES string of the molecule is Cc1c(C(=O)OC(C)(C)C)c(O)cc2c1C(=O)c1c(O)cccc1C2=O. The molecule has 6 heteroatoms. The second kappa shape index (κ2) is 5.69. The predicted molar refractivity (Wildman–Crippen MR) is 93.0 cm³/mol. The van der Waals surface area contributed by atoms with Crippen LogP contribution < -0.4 is 0 Å². The molecule has 6 nitrogen and oxygen atoms in total. The van der Waals surface area contributed by atoms with E-state index in [4.69, 9.17) is 4.74 Å². The second-order valence-corrected chi connectivity index (χ2v) is 7.18. The monoisotopic (exact) mass is 354 g/mol. The number of hydrogen-bond acceptors (Lipinski definition) is 6. The summed E-state index contributed by atoms with van der Waals surface area (Å²) in [6, 6.07) is 5.33. The third kappa shape index (κ3) is 2.63. The van der Waals surface area contributed by atoms with Crippen molar-refractivity contribution in [3.8, 4) is 11.5 Å². The molecular weight excluding hydrogens is 336 g/mol.